The zero-order valence-electron chi connectivity index (χ0n) is 15.2. The summed E-state index contributed by atoms with van der Waals surface area (Å²) in [7, 11) is 2.33. The molecule has 0 saturated heterocycles. The van der Waals surface area contributed by atoms with E-state index in [0.717, 1.165) is 7.11 Å². The van der Waals surface area contributed by atoms with E-state index >= 15 is 0 Å². The van der Waals surface area contributed by atoms with Crippen molar-refractivity contribution in [3.05, 3.63) is 64.0 Å². The minimum atomic E-state index is -0.818. The highest BCUT2D eigenvalue weighted by molar-refractivity contribution is 6.05. The molecule has 0 fully saturated rings. The van der Waals surface area contributed by atoms with Gasteiger partial charge in [0.2, 0.25) is 0 Å². The van der Waals surface area contributed by atoms with Gasteiger partial charge in [-0.05, 0) is 24.3 Å². The highest BCUT2D eigenvalue weighted by Gasteiger charge is 2.28. The van der Waals surface area contributed by atoms with E-state index in [-0.39, 0.29) is 41.5 Å². The third-order valence-electron chi connectivity index (χ3n) is 3.77. The van der Waals surface area contributed by atoms with E-state index in [4.69, 9.17) is 14.6 Å². The summed E-state index contributed by atoms with van der Waals surface area (Å²) in [5.74, 6) is -1.58. The average Bonchev–Trinajstić information content (AvgIpc) is 2.93. The van der Waals surface area contributed by atoms with Crippen molar-refractivity contribution in [2.45, 2.75) is 0 Å². The Morgan fingerprint density at radius 2 is 1.93 bits per heavy atom. The van der Waals surface area contributed by atoms with Crippen molar-refractivity contribution in [1.29, 1.82) is 0 Å². The number of methoxy groups -OCH3 is 2. The van der Waals surface area contributed by atoms with Crippen molar-refractivity contribution < 1.29 is 29.1 Å². The van der Waals surface area contributed by atoms with Crippen LogP contribution in [-0.2, 0) is 19.1 Å². The van der Waals surface area contributed by atoms with Crippen LogP contribution >= 0.6 is 0 Å². The summed E-state index contributed by atoms with van der Waals surface area (Å²) in [5, 5.41) is 23.1. The second kappa shape index (κ2) is 9.33. The maximum absolute atomic E-state index is 12.4. The number of hydrogen-bond acceptors (Lipinski definition) is 9. The number of aliphatic hydroxyl groups excluding tert-OH is 1. The van der Waals surface area contributed by atoms with E-state index in [1.165, 1.54) is 48.6 Å². The second-order valence-electron chi connectivity index (χ2n) is 5.43. The number of aliphatic hydroxyl groups is 1. The van der Waals surface area contributed by atoms with Crippen molar-refractivity contribution in [3.8, 4) is 0 Å². The molecular weight excluding hydrogens is 370 g/mol. The summed E-state index contributed by atoms with van der Waals surface area (Å²) < 4.78 is 9.52. The van der Waals surface area contributed by atoms with E-state index in [0.29, 0.717) is 0 Å². The molecule has 0 amide bonds. The molecule has 1 heterocycles. The van der Waals surface area contributed by atoms with Gasteiger partial charge in [0.25, 0.3) is 5.69 Å². The van der Waals surface area contributed by atoms with Crippen molar-refractivity contribution in [2.75, 3.05) is 37.6 Å². The predicted molar refractivity (Wildman–Crippen MR) is 100 cm³/mol. The van der Waals surface area contributed by atoms with Crippen LogP contribution in [0.5, 0.6) is 0 Å². The number of ether oxygens (including phenoxy) is 2. The molecule has 2 N–H and O–H groups in total. The lowest BCUT2D eigenvalue weighted by molar-refractivity contribution is -0.383. The molecule has 28 heavy (non-hydrogen) atoms. The van der Waals surface area contributed by atoms with E-state index in [9.17, 15) is 19.7 Å². The van der Waals surface area contributed by atoms with Gasteiger partial charge in [0.15, 0.2) is 0 Å². The molecule has 0 spiro atoms. The highest BCUT2D eigenvalue weighted by Crippen LogP contribution is 2.33. The molecule has 2 rings (SSSR count). The SMILES string of the molecule is COC(=O)C1=C(C(=O)OC)N(c2ccc(NCCO)c([N+](=O)[O-])c2)C=CC=C1. The van der Waals surface area contributed by atoms with Crippen molar-refractivity contribution >= 4 is 29.0 Å². The Morgan fingerprint density at radius 1 is 1.21 bits per heavy atom. The van der Waals surface area contributed by atoms with Crippen LogP contribution < -0.4 is 10.2 Å². The molecular formula is C18H19N3O7. The van der Waals surface area contributed by atoms with Gasteiger partial charge in [-0.3, -0.25) is 10.1 Å². The van der Waals surface area contributed by atoms with Crippen LogP contribution in [0.25, 0.3) is 0 Å². The first kappa shape index (κ1) is 20.6. The monoisotopic (exact) mass is 389 g/mol. The number of allylic oxidation sites excluding steroid dienone is 2. The number of anilines is 2. The molecule has 10 nitrogen and oxygen atoms in total. The van der Waals surface area contributed by atoms with Gasteiger partial charge < -0.3 is 24.8 Å². The number of nitrogens with one attached hydrogen (secondary N) is 1. The second-order valence-corrected chi connectivity index (χ2v) is 5.43. The molecule has 1 aliphatic heterocycles. The van der Waals surface area contributed by atoms with Gasteiger partial charge in [-0.2, -0.15) is 0 Å². The summed E-state index contributed by atoms with van der Waals surface area (Å²) in [6.07, 6.45) is 5.95. The predicted octanol–water partition coefficient (Wildman–Crippen LogP) is 1.49. The summed E-state index contributed by atoms with van der Waals surface area (Å²) in [5.41, 5.74) is -0.0193. The largest absolute Gasteiger partial charge is 0.465 e. The van der Waals surface area contributed by atoms with Crippen LogP contribution in [0.15, 0.2) is 53.9 Å². The summed E-state index contributed by atoms with van der Waals surface area (Å²) in [6.45, 7) is -0.0648. The maximum atomic E-state index is 12.4. The molecule has 10 heteroatoms. The molecule has 0 aromatic heterocycles. The third-order valence-corrected chi connectivity index (χ3v) is 3.77. The van der Waals surface area contributed by atoms with Crippen LogP contribution in [-0.4, -0.2) is 49.3 Å². The molecule has 148 valence electrons. The standard InChI is InChI=1S/C18H19N3O7/c1-27-17(23)13-5-3-4-9-20(16(13)18(24)28-2)12-6-7-14(19-8-10-22)15(11-12)21(25)26/h3-7,9,11,19,22H,8,10H2,1-2H3. The van der Waals surface area contributed by atoms with Gasteiger partial charge in [0.1, 0.15) is 11.4 Å². The van der Waals surface area contributed by atoms with Gasteiger partial charge in [-0.15, -0.1) is 0 Å². The Labute approximate surface area is 160 Å². The Hall–Kier alpha value is -3.66. The van der Waals surface area contributed by atoms with E-state index < -0.39 is 16.9 Å². The fourth-order valence-electron chi connectivity index (χ4n) is 2.53. The number of carbonyl (C=O) groups excluding carboxylic acids is 2. The molecule has 0 aliphatic carbocycles. The normalized spacial score (nSPS) is 13.2. The highest BCUT2D eigenvalue weighted by atomic mass is 16.6. The number of nitro benzene ring substituents is 1. The Kier molecular flexibility index (Phi) is 6.88. The number of esters is 2. The molecule has 0 saturated carbocycles. The number of nitrogens with zero attached hydrogens (tertiary/aromatic N) is 2. The first-order chi connectivity index (χ1) is 13.4. The van der Waals surface area contributed by atoms with Crippen LogP contribution in [0.2, 0.25) is 0 Å². The zero-order valence-corrected chi connectivity index (χ0v) is 15.2. The Balaban J connectivity index is 2.63. The molecule has 0 unspecified atom stereocenters. The summed E-state index contributed by atoms with van der Waals surface area (Å²) in [4.78, 5) is 36.7. The minimum Gasteiger partial charge on any atom is -0.465 e. The Morgan fingerprint density at radius 3 is 2.54 bits per heavy atom. The van der Waals surface area contributed by atoms with Crippen LogP contribution in [0.3, 0.4) is 0 Å². The minimum absolute atomic E-state index is 0.0653. The zero-order chi connectivity index (χ0) is 20.7. The molecule has 0 atom stereocenters. The maximum Gasteiger partial charge on any atom is 0.355 e. The van der Waals surface area contributed by atoms with Gasteiger partial charge in [-0.1, -0.05) is 6.08 Å². The average molecular weight is 389 g/mol. The lowest BCUT2D eigenvalue weighted by Crippen LogP contribution is -2.27. The molecule has 1 aliphatic rings. The number of nitro groups is 1. The lowest BCUT2D eigenvalue weighted by Gasteiger charge is -2.23. The molecule has 0 bridgehead atoms. The van der Waals surface area contributed by atoms with Gasteiger partial charge in [-0.25, -0.2) is 9.59 Å². The summed E-state index contributed by atoms with van der Waals surface area (Å²) in [6, 6.07) is 4.22. The van der Waals surface area contributed by atoms with E-state index in [2.05, 4.69) is 5.32 Å². The van der Waals surface area contributed by atoms with Gasteiger partial charge >= 0.3 is 11.9 Å². The van der Waals surface area contributed by atoms with E-state index in [1.54, 1.807) is 6.08 Å². The first-order valence-electron chi connectivity index (χ1n) is 8.12. The van der Waals surface area contributed by atoms with Gasteiger partial charge in [0, 0.05) is 18.8 Å². The number of rotatable bonds is 7. The van der Waals surface area contributed by atoms with Gasteiger partial charge in [0.05, 0.1) is 37.0 Å². The number of carbonyl (C=O) groups is 2. The number of hydrogen-bond donors (Lipinski definition) is 2. The van der Waals surface area contributed by atoms with Crippen LogP contribution in [0.4, 0.5) is 17.1 Å². The topological polar surface area (TPSA) is 131 Å². The fourth-order valence-corrected chi connectivity index (χ4v) is 2.53. The number of benzene rings is 1. The van der Waals surface area contributed by atoms with E-state index in [1.807, 2.05) is 0 Å². The molecule has 0 radical (unpaired) electrons. The van der Waals surface area contributed by atoms with Crippen molar-refractivity contribution in [3.63, 3.8) is 0 Å². The van der Waals surface area contributed by atoms with Crippen molar-refractivity contribution in [1.82, 2.24) is 0 Å². The van der Waals surface area contributed by atoms with Crippen LogP contribution in [0, 0.1) is 10.1 Å². The van der Waals surface area contributed by atoms with Crippen LogP contribution in [0.1, 0.15) is 0 Å². The lowest BCUT2D eigenvalue weighted by atomic mass is 10.1. The third kappa shape index (κ3) is 4.35. The summed E-state index contributed by atoms with van der Waals surface area (Å²) >= 11 is 0. The smallest absolute Gasteiger partial charge is 0.355 e. The molecule has 1 aromatic carbocycles. The first-order valence-corrected chi connectivity index (χ1v) is 8.12. The van der Waals surface area contributed by atoms with Crippen molar-refractivity contribution in [2.24, 2.45) is 0 Å². The quantitative estimate of drug-likeness (QED) is 0.404. The fraction of sp³-hybridized carbons (Fsp3) is 0.222. The molecule has 1 aromatic rings. The Bertz CT molecular complexity index is 874.